The number of hydrogen-bond donors (Lipinski definition) is 2. The van der Waals surface area contributed by atoms with Crippen molar-refractivity contribution in [3.05, 3.63) is 41.9 Å². The van der Waals surface area contributed by atoms with Crippen molar-refractivity contribution in [2.24, 2.45) is 0 Å². The van der Waals surface area contributed by atoms with Gasteiger partial charge in [-0.3, -0.25) is 14.5 Å². The molecule has 2 amide bonds. The van der Waals surface area contributed by atoms with Crippen molar-refractivity contribution in [2.45, 2.75) is 12.5 Å². The molecule has 1 aliphatic heterocycles. The van der Waals surface area contributed by atoms with Gasteiger partial charge in [-0.2, -0.15) is 0 Å². The first-order chi connectivity index (χ1) is 10.0. The molecule has 0 radical (unpaired) electrons. The van der Waals surface area contributed by atoms with Crippen LogP contribution in [0.15, 0.2) is 36.9 Å². The lowest BCUT2D eigenvalue weighted by molar-refractivity contribution is -0.129. The standard InChI is InChI=1S/C14H14ClN3O2S/c1-2-7-18-13(20)11(17-14(18)21)8-12(19)16-10-5-3-9(15)4-6-10/h2-6,11H,1,7-8H2,(H,16,19)(H,17,21)/t11-/m1/s1. The molecule has 1 aromatic rings. The van der Waals surface area contributed by atoms with E-state index in [2.05, 4.69) is 17.2 Å². The van der Waals surface area contributed by atoms with Crippen molar-refractivity contribution in [1.82, 2.24) is 10.2 Å². The molecule has 5 nitrogen and oxygen atoms in total. The Morgan fingerprint density at radius 1 is 1.48 bits per heavy atom. The summed E-state index contributed by atoms with van der Waals surface area (Å²) in [6.07, 6.45) is 1.59. The number of nitrogens with one attached hydrogen (secondary N) is 2. The Balaban J connectivity index is 1.94. The van der Waals surface area contributed by atoms with E-state index in [0.717, 1.165) is 0 Å². The average molecular weight is 324 g/mol. The number of nitrogens with zero attached hydrogens (tertiary/aromatic N) is 1. The third-order valence-corrected chi connectivity index (χ3v) is 3.53. The molecule has 0 spiro atoms. The van der Waals surface area contributed by atoms with Crippen LogP contribution in [0.5, 0.6) is 0 Å². The zero-order chi connectivity index (χ0) is 15.4. The molecule has 1 aromatic carbocycles. The normalized spacial score (nSPS) is 17.6. The maximum absolute atomic E-state index is 12.1. The molecule has 1 heterocycles. The van der Waals surface area contributed by atoms with E-state index in [1.807, 2.05) is 0 Å². The lowest BCUT2D eigenvalue weighted by atomic mass is 10.2. The van der Waals surface area contributed by atoms with E-state index < -0.39 is 6.04 Å². The molecule has 2 N–H and O–H groups in total. The van der Waals surface area contributed by atoms with Gasteiger partial charge in [0, 0.05) is 17.3 Å². The molecular weight excluding hydrogens is 310 g/mol. The molecule has 1 fully saturated rings. The predicted octanol–water partition coefficient (Wildman–Crippen LogP) is 1.94. The van der Waals surface area contributed by atoms with Crippen molar-refractivity contribution >= 4 is 46.4 Å². The van der Waals surface area contributed by atoms with E-state index in [-0.39, 0.29) is 18.2 Å². The van der Waals surface area contributed by atoms with E-state index in [1.165, 1.54) is 4.90 Å². The predicted molar refractivity (Wildman–Crippen MR) is 86.1 cm³/mol. The molecule has 1 saturated heterocycles. The zero-order valence-electron chi connectivity index (χ0n) is 11.1. The number of carbonyl (C=O) groups is 2. The van der Waals surface area contributed by atoms with Crippen LogP contribution in [0, 0.1) is 0 Å². The first-order valence-electron chi connectivity index (χ1n) is 6.29. The van der Waals surface area contributed by atoms with Gasteiger partial charge in [0.05, 0.1) is 6.42 Å². The second-order valence-corrected chi connectivity index (χ2v) is 5.32. The molecule has 0 aliphatic carbocycles. The van der Waals surface area contributed by atoms with Crippen molar-refractivity contribution in [1.29, 1.82) is 0 Å². The molecule has 0 aromatic heterocycles. The lowest BCUT2D eigenvalue weighted by Gasteiger charge is -2.11. The van der Waals surface area contributed by atoms with E-state index in [1.54, 1.807) is 30.3 Å². The van der Waals surface area contributed by atoms with Crippen LogP contribution < -0.4 is 10.6 Å². The van der Waals surface area contributed by atoms with E-state index in [4.69, 9.17) is 23.8 Å². The van der Waals surface area contributed by atoms with Crippen LogP contribution in [0.25, 0.3) is 0 Å². The van der Waals surface area contributed by atoms with Crippen LogP contribution in [-0.2, 0) is 9.59 Å². The number of carbonyl (C=O) groups excluding carboxylic acids is 2. The minimum Gasteiger partial charge on any atom is -0.350 e. The summed E-state index contributed by atoms with van der Waals surface area (Å²) in [5.74, 6) is -0.488. The summed E-state index contributed by atoms with van der Waals surface area (Å²) < 4.78 is 0. The first-order valence-corrected chi connectivity index (χ1v) is 7.08. The van der Waals surface area contributed by atoms with Crippen molar-refractivity contribution in [2.75, 3.05) is 11.9 Å². The van der Waals surface area contributed by atoms with Gasteiger partial charge in [0.1, 0.15) is 6.04 Å². The molecular formula is C14H14ClN3O2S. The topological polar surface area (TPSA) is 61.4 Å². The molecule has 1 aliphatic rings. The Kier molecular flexibility index (Phi) is 4.93. The summed E-state index contributed by atoms with van der Waals surface area (Å²) in [6.45, 7) is 3.90. The van der Waals surface area contributed by atoms with Gasteiger partial charge in [0.2, 0.25) is 5.91 Å². The first kappa shape index (κ1) is 15.5. The highest BCUT2D eigenvalue weighted by atomic mass is 35.5. The molecule has 1 atom stereocenters. The fourth-order valence-corrected chi connectivity index (χ4v) is 2.38. The van der Waals surface area contributed by atoms with Crippen LogP contribution in [0.2, 0.25) is 5.02 Å². The number of amides is 2. The minimum atomic E-state index is -0.634. The average Bonchev–Trinajstić information content (AvgIpc) is 2.69. The van der Waals surface area contributed by atoms with Crippen LogP contribution in [0.1, 0.15) is 6.42 Å². The smallest absolute Gasteiger partial charge is 0.252 e. The second-order valence-electron chi connectivity index (χ2n) is 4.50. The SMILES string of the molecule is C=CCN1C(=O)[C@@H](CC(=O)Nc2ccc(Cl)cc2)NC1=S. The van der Waals surface area contributed by atoms with Crippen LogP contribution in [-0.4, -0.2) is 34.4 Å². The minimum absolute atomic E-state index is 0.00917. The highest BCUT2D eigenvalue weighted by Crippen LogP contribution is 2.15. The van der Waals surface area contributed by atoms with E-state index in [9.17, 15) is 9.59 Å². The van der Waals surface area contributed by atoms with E-state index >= 15 is 0 Å². The van der Waals surface area contributed by atoms with Crippen LogP contribution in [0.4, 0.5) is 5.69 Å². The molecule has 0 bridgehead atoms. The van der Waals surface area contributed by atoms with Crippen LogP contribution >= 0.6 is 23.8 Å². The van der Waals surface area contributed by atoms with Crippen molar-refractivity contribution in [3.63, 3.8) is 0 Å². The van der Waals surface area contributed by atoms with Gasteiger partial charge in [-0.15, -0.1) is 6.58 Å². The molecule has 7 heteroatoms. The molecule has 110 valence electrons. The Labute approximate surface area is 133 Å². The zero-order valence-corrected chi connectivity index (χ0v) is 12.7. The third-order valence-electron chi connectivity index (χ3n) is 2.94. The Bertz CT molecular complexity index is 588. The fourth-order valence-electron chi connectivity index (χ4n) is 1.95. The van der Waals surface area contributed by atoms with Crippen molar-refractivity contribution < 1.29 is 9.59 Å². The van der Waals surface area contributed by atoms with Crippen molar-refractivity contribution in [3.8, 4) is 0 Å². The van der Waals surface area contributed by atoms with Gasteiger partial charge >= 0.3 is 0 Å². The van der Waals surface area contributed by atoms with Gasteiger partial charge in [-0.1, -0.05) is 17.7 Å². The maximum atomic E-state index is 12.1. The number of anilines is 1. The Hall–Kier alpha value is -1.92. The van der Waals surface area contributed by atoms with Crippen LogP contribution in [0.3, 0.4) is 0 Å². The molecule has 2 rings (SSSR count). The summed E-state index contributed by atoms with van der Waals surface area (Å²) in [5, 5.41) is 6.46. The molecule has 0 unspecified atom stereocenters. The third kappa shape index (κ3) is 3.80. The largest absolute Gasteiger partial charge is 0.350 e. The second kappa shape index (κ2) is 6.69. The van der Waals surface area contributed by atoms with Gasteiger partial charge in [-0.05, 0) is 36.5 Å². The summed E-state index contributed by atoms with van der Waals surface area (Å²) in [5.41, 5.74) is 0.625. The Morgan fingerprint density at radius 2 is 2.14 bits per heavy atom. The number of rotatable bonds is 5. The summed E-state index contributed by atoms with van der Waals surface area (Å²) in [4.78, 5) is 25.4. The highest BCUT2D eigenvalue weighted by Gasteiger charge is 2.35. The lowest BCUT2D eigenvalue weighted by Crippen LogP contribution is -2.34. The van der Waals surface area contributed by atoms with Gasteiger partial charge in [-0.25, -0.2) is 0 Å². The maximum Gasteiger partial charge on any atom is 0.252 e. The quantitative estimate of drug-likeness (QED) is 0.642. The van der Waals surface area contributed by atoms with Gasteiger partial charge in [0.15, 0.2) is 5.11 Å². The van der Waals surface area contributed by atoms with E-state index in [0.29, 0.717) is 22.4 Å². The monoisotopic (exact) mass is 323 g/mol. The highest BCUT2D eigenvalue weighted by molar-refractivity contribution is 7.80. The number of benzene rings is 1. The number of hydrogen-bond acceptors (Lipinski definition) is 3. The molecule has 0 saturated carbocycles. The summed E-state index contributed by atoms with van der Waals surface area (Å²) in [7, 11) is 0. The van der Waals surface area contributed by atoms with Gasteiger partial charge in [0.25, 0.3) is 5.91 Å². The Morgan fingerprint density at radius 3 is 2.76 bits per heavy atom. The summed E-state index contributed by atoms with van der Waals surface area (Å²) in [6, 6.07) is 6.11. The molecule has 21 heavy (non-hydrogen) atoms. The number of halogens is 1. The fraction of sp³-hybridized carbons (Fsp3) is 0.214. The van der Waals surface area contributed by atoms with Gasteiger partial charge < -0.3 is 10.6 Å². The summed E-state index contributed by atoms with van der Waals surface area (Å²) >= 11 is 10.8. The number of thiocarbonyl (C=S) groups is 1.